The van der Waals surface area contributed by atoms with E-state index in [-0.39, 0.29) is 23.6 Å². The zero-order valence-electron chi connectivity index (χ0n) is 16.7. The van der Waals surface area contributed by atoms with E-state index in [1.54, 1.807) is 24.3 Å². The van der Waals surface area contributed by atoms with Crippen LogP contribution in [0.4, 0.5) is 5.69 Å². The van der Waals surface area contributed by atoms with Crippen LogP contribution in [0.1, 0.15) is 0 Å². The molecule has 0 bridgehead atoms. The molecule has 1 N–H and O–H groups in total. The monoisotopic (exact) mass is 483 g/mol. The van der Waals surface area contributed by atoms with Crippen molar-refractivity contribution in [1.82, 2.24) is 18.7 Å². The van der Waals surface area contributed by atoms with Crippen molar-refractivity contribution in [3.63, 3.8) is 0 Å². The number of anilines is 1. The molecule has 0 saturated heterocycles. The third kappa shape index (κ3) is 4.15. The van der Waals surface area contributed by atoms with E-state index in [9.17, 15) is 14.4 Å². The maximum Gasteiger partial charge on any atom is 0.332 e. The molecule has 1 amide bonds. The van der Waals surface area contributed by atoms with Crippen LogP contribution in [0, 0.1) is 0 Å². The summed E-state index contributed by atoms with van der Waals surface area (Å²) in [5, 5.41) is 2.78. The first-order valence-corrected chi connectivity index (χ1v) is 10.1. The van der Waals surface area contributed by atoms with Crippen molar-refractivity contribution in [1.29, 1.82) is 0 Å². The molecule has 0 atom stereocenters. The molecular formula is C21H18BrN5O4. The Kier molecular flexibility index (Phi) is 5.47. The molecule has 0 aliphatic carbocycles. The fraction of sp³-hybridized carbons (Fsp3) is 0.143. The number of aryl methyl sites for hydroxylation is 1. The number of hydrogen-bond donors (Lipinski definition) is 1. The minimum absolute atomic E-state index is 0.124. The lowest BCUT2D eigenvalue weighted by molar-refractivity contribution is -0.116. The van der Waals surface area contributed by atoms with Crippen LogP contribution in [0.25, 0.3) is 11.2 Å². The highest BCUT2D eigenvalue weighted by Gasteiger charge is 2.16. The number of fused-ring (bicyclic) bond motifs is 1. The average Bonchev–Trinajstić information content (AvgIpc) is 3.17. The number of imidazole rings is 1. The molecule has 4 aromatic rings. The third-order valence-corrected chi connectivity index (χ3v) is 5.25. The predicted octanol–water partition coefficient (Wildman–Crippen LogP) is 2.63. The van der Waals surface area contributed by atoms with E-state index in [1.165, 1.54) is 29.6 Å². The largest absolute Gasteiger partial charge is 0.457 e. The summed E-state index contributed by atoms with van der Waals surface area (Å²) in [7, 11) is 2.92. The maximum atomic E-state index is 12.5. The molecule has 0 aliphatic heterocycles. The number of amides is 1. The molecule has 0 radical (unpaired) electrons. The van der Waals surface area contributed by atoms with E-state index in [1.807, 2.05) is 24.3 Å². The lowest BCUT2D eigenvalue weighted by atomic mass is 10.3. The van der Waals surface area contributed by atoms with Crippen molar-refractivity contribution >= 4 is 38.7 Å². The molecule has 0 unspecified atom stereocenters. The zero-order valence-corrected chi connectivity index (χ0v) is 18.3. The molecule has 10 heteroatoms. The Bertz CT molecular complexity index is 1390. The van der Waals surface area contributed by atoms with Crippen molar-refractivity contribution < 1.29 is 9.53 Å². The molecule has 9 nitrogen and oxygen atoms in total. The van der Waals surface area contributed by atoms with Gasteiger partial charge in [0.05, 0.1) is 6.33 Å². The number of ether oxygens (including phenoxy) is 1. The summed E-state index contributed by atoms with van der Waals surface area (Å²) in [6, 6.07) is 14.4. The van der Waals surface area contributed by atoms with Gasteiger partial charge in [0.25, 0.3) is 5.56 Å². The van der Waals surface area contributed by atoms with Crippen molar-refractivity contribution in [3.05, 3.63) is 80.2 Å². The molecule has 2 aromatic carbocycles. The fourth-order valence-electron chi connectivity index (χ4n) is 3.12. The van der Waals surface area contributed by atoms with Gasteiger partial charge in [-0.2, -0.15) is 0 Å². The van der Waals surface area contributed by atoms with Gasteiger partial charge in [0, 0.05) is 24.3 Å². The van der Waals surface area contributed by atoms with Crippen LogP contribution < -0.4 is 21.3 Å². The smallest absolute Gasteiger partial charge is 0.332 e. The normalized spacial score (nSPS) is 10.9. The second-order valence-corrected chi connectivity index (χ2v) is 7.79. The van der Waals surface area contributed by atoms with E-state index in [2.05, 4.69) is 26.2 Å². The molecular weight excluding hydrogens is 466 g/mol. The van der Waals surface area contributed by atoms with Crippen LogP contribution in [-0.2, 0) is 25.4 Å². The van der Waals surface area contributed by atoms with Crippen LogP contribution in [0.15, 0.2) is 68.9 Å². The van der Waals surface area contributed by atoms with Crippen molar-refractivity contribution in [2.75, 3.05) is 5.32 Å². The molecule has 0 fully saturated rings. The van der Waals surface area contributed by atoms with E-state index < -0.39 is 11.2 Å². The van der Waals surface area contributed by atoms with Gasteiger partial charge in [-0.3, -0.25) is 18.7 Å². The van der Waals surface area contributed by atoms with Crippen molar-refractivity contribution in [2.24, 2.45) is 14.1 Å². The lowest BCUT2D eigenvalue weighted by Gasteiger charge is -2.09. The van der Waals surface area contributed by atoms with Crippen LogP contribution in [0.2, 0.25) is 0 Å². The van der Waals surface area contributed by atoms with Gasteiger partial charge in [-0.15, -0.1) is 0 Å². The first kappa shape index (κ1) is 20.6. The van der Waals surface area contributed by atoms with Gasteiger partial charge >= 0.3 is 5.69 Å². The number of rotatable bonds is 5. The Morgan fingerprint density at radius 1 is 1.00 bits per heavy atom. The summed E-state index contributed by atoms with van der Waals surface area (Å²) in [5.41, 5.74) is 0.0294. The summed E-state index contributed by atoms with van der Waals surface area (Å²) >= 11 is 3.38. The highest BCUT2D eigenvalue weighted by Crippen LogP contribution is 2.24. The summed E-state index contributed by atoms with van der Waals surface area (Å²) in [4.78, 5) is 41.1. The Morgan fingerprint density at radius 3 is 2.26 bits per heavy atom. The van der Waals surface area contributed by atoms with Crippen LogP contribution in [-0.4, -0.2) is 24.6 Å². The van der Waals surface area contributed by atoms with Gasteiger partial charge < -0.3 is 14.6 Å². The van der Waals surface area contributed by atoms with E-state index in [0.29, 0.717) is 17.2 Å². The van der Waals surface area contributed by atoms with Crippen LogP contribution in [0.5, 0.6) is 11.5 Å². The van der Waals surface area contributed by atoms with Crippen molar-refractivity contribution in [2.45, 2.75) is 6.54 Å². The number of halogens is 1. The molecule has 0 aliphatic rings. The van der Waals surface area contributed by atoms with E-state index in [4.69, 9.17) is 4.74 Å². The Hall–Kier alpha value is -3.66. The molecule has 2 heterocycles. The predicted molar refractivity (Wildman–Crippen MR) is 120 cm³/mol. The highest BCUT2D eigenvalue weighted by molar-refractivity contribution is 9.10. The quantitative estimate of drug-likeness (QED) is 0.470. The zero-order chi connectivity index (χ0) is 22.1. The fourth-order valence-corrected chi connectivity index (χ4v) is 3.38. The average molecular weight is 484 g/mol. The van der Waals surface area contributed by atoms with E-state index >= 15 is 0 Å². The number of carbonyl (C=O) groups is 1. The van der Waals surface area contributed by atoms with Crippen LogP contribution >= 0.6 is 15.9 Å². The second kappa shape index (κ2) is 8.23. The number of nitrogens with zero attached hydrogens (tertiary/aromatic N) is 4. The minimum atomic E-state index is -0.502. The number of nitrogens with one attached hydrogen (secondary N) is 1. The highest BCUT2D eigenvalue weighted by atomic mass is 79.9. The Balaban J connectivity index is 1.47. The number of carbonyl (C=O) groups excluding carboxylic acids is 1. The Morgan fingerprint density at radius 2 is 1.61 bits per heavy atom. The third-order valence-electron chi connectivity index (χ3n) is 4.72. The molecule has 4 rings (SSSR count). The summed E-state index contributed by atoms with van der Waals surface area (Å²) in [6.45, 7) is -0.124. The number of aromatic nitrogens is 4. The standard InChI is InChI=1S/C21H18BrN5O4/c1-25-19-18(20(29)26(2)21(25)30)27(12-23-19)11-17(28)24-14-5-9-16(10-6-14)31-15-7-3-13(22)4-8-15/h3-10,12H,11H2,1-2H3,(H,24,28). The summed E-state index contributed by atoms with van der Waals surface area (Å²) in [5.74, 6) is 0.991. The van der Waals surface area contributed by atoms with Gasteiger partial charge in [0.15, 0.2) is 11.2 Å². The Labute approximate surface area is 184 Å². The first-order chi connectivity index (χ1) is 14.8. The molecule has 2 aromatic heterocycles. The minimum Gasteiger partial charge on any atom is -0.457 e. The van der Waals surface area contributed by atoms with Crippen molar-refractivity contribution in [3.8, 4) is 11.5 Å². The topological polar surface area (TPSA) is 100 Å². The van der Waals surface area contributed by atoms with Gasteiger partial charge in [-0.1, -0.05) is 15.9 Å². The van der Waals surface area contributed by atoms with Gasteiger partial charge in [-0.25, -0.2) is 9.78 Å². The lowest BCUT2D eigenvalue weighted by Crippen LogP contribution is -2.37. The first-order valence-electron chi connectivity index (χ1n) is 9.27. The molecule has 0 saturated carbocycles. The second-order valence-electron chi connectivity index (χ2n) is 6.88. The van der Waals surface area contributed by atoms with Gasteiger partial charge in [0.1, 0.15) is 18.0 Å². The molecule has 0 spiro atoms. The van der Waals surface area contributed by atoms with E-state index in [0.717, 1.165) is 9.04 Å². The maximum absolute atomic E-state index is 12.5. The van der Waals surface area contributed by atoms with Gasteiger partial charge in [-0.05, 0) is 48.5 Å². The molecule has 31 heavy (non-hydrogen) atoms. The summed E-state index contributed by atoms with van der Waals surface area (Å²) in [6.07, 6.45) is 1.38. The summed E-state index contributed by atoms with van der Waals surface area (Å²) < 4.78 is 10.4. The molecule has 158 valence electrons. The SMILES string of the molecule is Cn1c(=O)c2c(ncn2CC(=O)Nc2ccc(Oc3ccc(Br)cc3)cc2)n(C)c1=O. The number of hydrogen-bond acceptors (Lipinski definition) is 5. The van der Waals surface area contributed by atoms with Gasteiger partial charge in [0.2, 0.25) is 5.91 Å². The van der Waals surface area contributed by atoms with Crippen LogP contribution in [0.3, 0.4) is 0 Å². The number of benzene rings is 2.